The van der Waals surface area contributed by atoms with Crippen molar-refractivity contribution in [2.75, 3.05) is 14.2 Å². The number of carbonyl (C=O) groups is 2. The quantitative estimate of drug-likeness (QED) is 0.220. The molecule has 2 heterocycles. The number of nitrogens with zero attached hydrogens (tertiary/aromatic N) is 2. The van der Waals surface area contributed by atoms with Crippen molar-refractivity contribution < 1.29 is 19.1 Å². The van der Waals surface area contributed by atoms with E-state index in [1.165, 1.54) is 0 Å². The van der Waals surface area contributed by atoms with Crippen molar-refractivity contribution in [3.8, 4) is 56.5 Å². The van der Waals surface area contributed by atoms with Crippen molar-refractivity contribution in [3.05, 3.63) is 97.1 Å². The molecule has 0 unspecified atom stereocenters. The zero-order chi connectivity index (χ0) is 28.8. The molecule has 0 amide bonds. The van der Waals surface area contributed by atoms with Gasteiger partial charge < -0.3 is 9.47 Å². The average molecular weight is 535 g/mol. The molecule has 0 fully saturated rings. The third-order valence-electron chi connectivity index (χ3n) is 6.62. The second-order valence-corrected chi connectivity index (χ2v) is 8.95. The van der Waals surface area contributed by atoms with E-state index in [9.17, 15) is 9.59 Å². The molecule has 6 nitrogen and oxygen atoms in total. The summed E-state index contributed by atoms with van der Waals surface area (Å²) >= 11 is 0. The first-order valence-corrected chi connectivity index (χ1v) is 13.3. The molecular formula is C34H34N2O4. The topological polar surface area (TPSA) is 62.5 Å². The highest BCUT2D eigenvalue weighted by Crippen LogP contribution is 2.34. The fraction of sp³-hybridized carbons (Fsp3) is 0.176. The molecule has 6 heteroatoms. The maximum atomic E-state index is 12.8. The summed E-state index contributed by atoms with van der Waals surface area (Å²) in [4.78, 5) is 25.6. The monoisotopic (exact) mass is 534 g/mol. The predicted molar refractivity (Wildman–Crippen MR) is 161 cm³/mol. The fourth-order valence-corrected chi connectivity index (χ4v) is 4.81. The number of aromatic nitrogens is 2. The SMILES string of the molecule is CC.COc1ccc(-c2ccc(-c3cccc(-c4ccc(-c5ccc(OC)cc5)n4C(C)=O)c3)n2C(C)=O)cc1. The summed E-state index contributed by atoms with van der Waals surface area (Å²) in [5, 5.41) is 0. The standard InChI is InChI=1S/C32H28N2O4.C2H6/c1-21(35)33-29(23-8-12-27(37-3)13-9-23)16-18-31(33)25-6-5-7-26(20-25)32-19-17-30(34(32)22(2)36)24-10-14-28(38-4)15-11-24;1-2/h5-20H,1-4H3;1-2H3. The Morgan fingerprint density at radius 3 is 1.12 bits per heavy atom. The van der Waals surface area contributed by atoms with Gasteiger partial charge >= 0.3 is 0 Å². The van der Waals surface area contributed by atoms with Gasteiger partial charge in [-0.1, -0.05) is 32.0 Å². The smallest absolute Gasteiger partial charge is 0.228 e. The first-order valence-electron chi connectivity index (χ1n) is 13.3. The summed E-state index contributed by atoms with van der Waals surface area (Å²) < 4.78 is 14.0. The van der Waals surface area contributed by atoms with E-state index in [-0.39, 0.29) is 11.8 Å². The van der Waals surface area contributed by atoms with Crippen LogP contribution in [0.15, 0.2) is 97.1 Å². The second-order valence-electron chi connectivity index (χ2n) is 8.95. The Bertz CT molecular complexity index is 1500. The maximum absolute atomic E-state index is 12.8. The van der Waals surface area contributed by atoms with E-state index in [1.54, 1.807) is 37.2 Å². The van der Waals surface area contributed by atoms with Crippen LogP contribution < -0.4 is 9.47 Å². The fourth-order valence-electron chi connectivity index (χ4n) is 4.81. The van der Waals surface area contributed by atoms with Crippen LogP contribution >= 0.6 is 0 Å². The molecule has 0 saturated heterocycles. The van der Waals surface area contributed by atoms with Crippen molar-refractivity contribution in [2.45, 2.75) is 27.7 Å². The van der Waals surface area contributed by atoms with Gasteiger partial charge in [-0.2, -0.15) is 0 Å². The maximum Gasteiger partial charge on any atom is 0.228 e. The minimum absolute atomic E-state index is 0.0878. The highest BCUT2D eigenvalue weighted by Gasteiger charge is 2.18. The summed E-state index contributed by atoms with van der Waals surface area (Å²) in [5.41, 5.74) is 6.74. The Morgan fingerprint density at radius 1 is 0.500 bits per heavy atom. The van der Waals surface area contributed by atoms with Crippen molar-refractivity contribution >= 4 is 11.8 Å². The third kappa shape index (κ3) is 5.47. The van der Waals surface area contributed by atoms with E-state index < -0.39 is 0 Å². The van der Waals surface area contributed by atoms with Crippen LogP contribution in [0.3, 0.4) is 0 Å². The van der Waals surface area contributed by atoms with Crippen LogP contribution in [-0.4, -0.2) is 35.2 Å². The summed E-state index contributed by atoms with van der Waals surface area (Å²) in [7, 11) is 3.25. The first kappa shape index (κ1) is 28.2. The molecule has 0 aliphatic rings. The molecule has 0 aliphatic carbocycles. The molecular weight excluding hydrogens is 500 g/mol. The molecule has 5 aromatic rings. The lowest BCUT2D eigenvalue weighted by molar-refractivity contribution is 0.0932. The number of hydrogen-bond acceptors (Lipinski definition) is 4. The Hall–Kier alpha value is -4.84. The lowest BCUT2D eigenvalue weighted by Crippen LogP contribution is -2.10. The molecule has 5 rings (SSSR count). The summed E-state index contributed by atoms with van der Waals surface area (Å²) in [5.74, 6) is 1.33. The summed E-state index contributed by atoms with van der Waals surface area (Å²) in [6, 6.07) is 31.0. The number of methoxy groups -OCH3 is 2. The molecule has 0 spiro atoms. The summed E-state index contributed by atoms with van der Waals surface area (Å²) in [6.45, 7) is 7.12. The van der Waals surface area contributed by atoms with E-state index in [2.05, 4.69) is 0 Å². The van der Waals surface area contributed by atoms with Gasteiger partial charge in [0.05, 0.1) is 37.0 Å². The largest absolute Gasteiger partial charge is 0.497 e. The molecule has 0 radical (unpaired) electrons. The Labute approximate surface area is 235 Å². The van der Waals surface area contributed by atoms with E-state index in [0.717, 1.165) is 56.5 Å². The first-order chi connectivity index (χ1) is 19.4. The predicted octanol–water partition coefficient (Wildman–Crippen LogP) is 8.32. The number of carbonyl (C=O) groups excluding carboxylic acids is 2. The molecule has 0 N–H and O–H groups in total. The van der Waals surface area contributed by atoms with Crippen LogP contribution in [0, 0.1) is 0 Å². The number of hydrogen-bond donors (Lipinski definition) is 0. The zero-order valence-corrected chi connectivity index (χ0v) is 23.8. The van der Waals surface area contributed by atoms with Gasteiger partial charge in [0.15, 0.2) is 0 Å². The van der Waals surface area contributed by atoms with Gasteiger partial charge in [-0.3, -0.25) is 18.7 Å². The molecule has 2 aromatic heterocycles. The van der Waals surface area contributed by atoms with Gasteiger partial charge in [-0.15, -0.1) is 0 Å². The molecule has 204 valence electrons. The van der Waals surface area contributed by atoms with Crippen molar-refractivity contribution in [2.24, 2.45) is 0 Å². The van der Waals surface area contributed by atoms with Crippen LogP contribution in [-0.2, 0) is 0 Å². The highest BCUT2D eigenvalue weighted by atomic mass is 16.5. The van der Waals surface area contributed by atoms with E-state index in [4.69, 9.17) is 9.47 Å². The van der Waals surface area contributed by atoms with Crippen molar-refractivity contribution in [1.29, 1.82) is 0 Å². The molecule has 0 atom stereocenters. The number of ether oxygens (including phenoxy) is 2. The number of benzene rings is 3. The van der Waals surface area contributed by atoms with E-state index in [0.29, 0.717) is 0 Å². The Morgan fingerprint density at radius 2 is 0.825 bits per heavy atom. The normalized spacial score (nSPS) is 10.4. The van der Waals surface area contributed by atoms with Crippen molar-refractivity contribution in [3.63, 3.8) is 0 Å². The number of rotatable bonds is 6. The molecule has 0 bridgehead atoms. The molecule has 40 heavy (non-hydrogen) atoms. The second kappa shape index (κ2) is 12.3. The van der Waals surface area contributed by atoms with Crippen LogP contribution in [0.5, 0.6) is 11.5 Å². The van der Waals surface area contributed by atoms with E-state index in [1.807, 2.05) is 111 Å². The van der Waals surface area contributed by atoms with Crippen LogP contribution in [0.25, 0.3) is 45.0 Å². The van der Waals surface area contributed by atoms with Gasteiger partial charge in [0.1, 0.15) is 11.5 Å². The highest BCUT2D eigenvalue weighted by molar-refractivity contribution is 5.91. The lowest BCUT2D eigenvalue weighted by Gasteiger charge is -2.13. The van der Waals surface area contributed by atoms with Crippen LogP contribution in [0.1, 0.15) is 37.3 Å². The van der Waals surface area contributed by atoms with E-state index >= 15 is 0 Å². The Kier molecular flexibility index (Phi) is 8.70. The molecule has 0 aliphatic heterocycles. The Balaban J connectivity index is 0.00000181. The zero-order valence-electron chi connectivity index (χ0n) is 23.8. The molecule has 3 aromatic carbocycles. The van der Waals surface area contributed by atoms with Crippen LogP contribution in [0.4, 0.5) is 0 Å². The minimum Gasteiger partial charge on any atom is -0.497 e. The summed E-state index contributed by atoms with van der Waals surface area (Å²) in [6.07, 6.45) is 0. The molecule has 0 saturated carbocycles. The van der Waals surface area contributed by atoms with Gasteiger partial charge in [0.2, 0.25) is 11.8 Å². The average Bonchev–Trinajstić information content (AvgIpc) is 3.64. The van der Waals surface area contributed by atoms with Gasteiger partial charge in [-0.25, -0.2) is 0 Å². The minimum atomic E-state index is -0.0878. The van der Waals surface area contributed by atoms with Gasteiger partial charge in [0, 0.05) is 13.8 Å². The van der Waals surface area contributed by atoms with Gasteiger partial charge in [-0.05, 0) is 101 Å². The van der Waals surface area contributed by atoms with Crippen LogP contribution in [0.2, 0.25) is 0 Å². The third-order valence-corrected chi connectivity index (χ3v) is 6.62. The lowest BCUT2D eigenvalue weighted by atomic mass is 10.1. The van der Waals surface area contributed by atoms with Crippen molar-refractivity contribution in [1.82, 2.24) is 9.13 Å². The van der Waals surface area contributed by atoms with Gasteiger partial charge in [0.25, 0.3) is 0 Å².